The average molecular weight is 320 g/mol. The Kier molecular flexibility index (Phi) is 5.07. The summed E-state index contributed by atoms with van der Waals surface area (Å²) in [5, 5.41) is 11.4. The molecule has 0 saturated carbocycles. The highest BCUT2D eigenvalue weighted by Crippen LogP contribution is 2.20. The predicted molar refractivity (Wildman–Crippen MR) is 76.0 cm³/mol. The number of ether oxygens (including phenoxy) is 1. The number of amides is 3. The normalized spacial score (nSPS) is 18.7. The van der Waals surface area contributed by atoms with Gasteiger partial charge in [-0.1, -0.05) is 30.3 Å². The van der Waals surface area contributed by atoms with E-state index in [2.05, 4.69) is 5.32 Å². The Balaban J connectivity index is 1.85. The van der Waals surface area contributed by atoms with Gasteiger partial charge in [0.2, 0.25) is 0 Å². The Hall–Kier alpha value is -2.74. The second-order valence-electron chi connectivity index (χ2n) is 5.13. The zero-order valence-electron chi connectivity index (χ0n) is 12.4. The quantitative estimate of drug-likeness (QED) is 0.467. The number of ketones is 1. The average Bonchev–Trinajstić information content (AvgIpc) is 2.80. The topological polar surface area (TPSA) is 113 Å². The van der Waals surface area contributed by atoms with Gasteiger partial charge in [0.15, 0.2) is 5.78 Å². The number of carbonyl (C=O) groups is 4. The Morgan fingerprint density at radius 3 is 2.57 bits per heavy atom. The third-order valence-corrected chi connectivity index (χ3v) is 3.44. The molecule has 8 heteroatoms. The molecule has 122 valence electrons. The summed E-state index contributed by atoms with van der Waals surface area (Å²) in [7, 11) is 0. The molecule has 3 amide bonds. The largest absolute Gasteiger partial charge is 0.445 e. The van der Waals surface area contributed by atoms with Gasteiger partial charge >= 0.3 is 6.09 Å². The fourth-order valence-electron chi connectivity index (χ4n) is 2.16. The van der Waals surface area contributed by atoms with Crippen molar-refractivity contribution in [1.29, 1.82) is 0 Å². The van der Waals surface area contributed by atoms with E-state index in [0.717, 1.165) is 5.56 Å². The van der Waals surface area contributed by atoms with E-state index in [1.54, 1.807) is 24.3 Å². The van der Waals surface area contributed by atoms with Crippen LogP contribution in [-0.4, -0.2) is 40.0 Å². The number of hydrogen-bond donors (Lipinski definition) is 2. The zero-order valence-corrected chi connectivity index (χ0v) is 12.4. The molecule has 0 spiro atoms. The smallest absolute Gasteiger partial charge is 0.408 e. The van der Waals surface area contributed by atoms with E-state index in [-0.39, 0.29) is 11.7 Å². The molecule has 0 aromatic heterocycles. The second kappa shape index (κ2) is 7.01. The van der Waals surface area contributed by atoms with Crippen LogP contribution in [-0.2, 0) is 25.7 Å². The number of alkyl carbamates (subject to hydrolysis) is 1. The molecular weight excluding hydrogens is 304 g/mol. The molecule has 0 radical (unpaired) electrons. The first-order chi connectivity index (χ1) is 10.9. The number of nitrogens with one attached hydrogen (secondary N) is 1. The first kappa shape index (κ1) is 16.6. The van der Waals surface area contributed by atoms with Crippen LogP contribution in [0.5, 0.6) is 0 Å². The van der Waals surface area contributed by atoms with Crippen LogP contribution in [0.2, 0.25) is 0 Å². The van der Waals surface area contributed by atoms with E-state index in [1.807, 2.05) is 6.07 Å². The molecule has 0 aliphatic carbocycles. The summed E-state index contributed by atoms with van der Waals surface area (Å²) < 4.78 is 4.97. The molecule has 1 aromatic rings. The summed E-state index contributed by atoms with van der Waals surface area (Å²) in [6, 6.07) is 7.96. The van der Waals surface area contributed by atoms with Crippen LogP contribution in [0.15, 0.2) is 30.3 Å². The highest BCUT2D eigenvalue weighted by atomic mass is 16.5. The SMILES string of the molecule is C[C@H](NC(=O)OCc1ccccc1)C(=O)C1CC(=O)N(O)C1=O. The van der Waals surface area contributed by atoms with Crippen LogP contribution in [0.3, 0.4) is 0 Å². The highest BCUT2D eigenvalue weighted by Gasteiger charge is 2.44. The van der Waals surface area contributed by atoms with E-state index in [0.29, 0.717) is 0 Å². The molecule has 0 bridgehead atoms. The lowest BCUT2D eigenvalue weighted by atomic mass is 9.97. The van der Waals surface area contributed by atoms with Gasteiger partial charge in [0.05, 0.1) is 6.04 Å². The van der Waals surface area contributed by atoms with Crippen molar-refractivity contribution in [3.63, 3.8) is 0 Å². The number of benzene rings is 1. The third-order valence-electron chi connectivity index (χ3n) is 3.44. The van der Waals surface area contributed by atoms with E-state index in [4.69, 9.17) is 9.94 Å². The van der Waals surface area contributed by atoms with Gasteiger partial charge in [-0.3, -0.25) is 19.6 Å². The molecule has 1 aliphatic heterocycles. The van der Waals surface area contributed by atoms with Gasteiger partial charge in [0, 0.05) is 6.42 Å². The summed E-state index contributed by atoms with van der Waals surface area (Å²) in [5.41, 5.74) is 0.786. The Morgan fingerprint density at radius 1 is 1.35 bits per heavy atom. The van der Waals surface area contributed by atoms with Gasteiger partial charge in [0.1, 0.15) is 12.5 Å². The van der Waals surface area contributed by atoms with Crippen LogP contribution >= 0.6 is 0 Å². The van der Waals surface area contributed by atoms with Crippen molar-refractivity contribution >= 4 is 23.7 Å². The van der Waals surface area contributed by atoms with Crippen LogP contribution in [0.25, 0.3) is 0 Å². The molecule has 1 unspecified atom stereocenters. The number of hydrogen-bond acceptors (Lipinski definition) is 6. The molecule has 1 heterocycles. The lowest BCUT2D eigenvalue weighted by Crippen LogP contribution is -2.43. The van der Waals surface area contributed by atoms with Crippen molar-refractivity contribution in [2.24, 2.45) is 5.92 Å². The summed E-state index contributed by atoms with van der Waals surface area (Å²) in [5.74, 6) is -3.76. The van der Waals surface area contributed by atoms with Gasteiger partial charge < -0.3 is 10.1 Å². The minimum absolute atomic E-state index is 0.0405. The lowest BCUT2D eigenvalue weighted by molar-refractivity contribution is -0.172. The minimum Gasteiger partial charge on any atom is -0.445 e. The maximum Gasteiger partial charge on any atom is 0.408 e. The Labute approximate surface area is 132 Å². The molecule has 1 fully saturated rings. The molecule has 1 aliphatic rings. The maximum atomic E-state index is 12.1. The maximum absolute atomic E-state index is 12.1. The predicted octanol–water partition coefficient (Wildman–Crippen LogP) is 0.635. The van der Waals surface area contributed by atoms with Crippen LogP contribution in [0, 0.1) is 5.92 Å². The number of nitrogens with zero attached hydrogens (tertiary/aromatic N) is 1. The van der Waals surface area contributed by atoms with E-state index < -0.39 is 42.1 Å². The van der Waals surface area contributed by atoms with Crippen molar-refractivity contribution < 1.29 is 29.1 Å². The lowest BCUT2D eigenvalue weighted by Gasteiger charge is -2.15. The summed E-state index contributed by atoms with van der Waals surface area (Å²) in [4.78, 5) is 46.5. The van der Waals surface area contributed by atoms with Gasteiger partial charge in [0.25, 0.3) is 11.8 Å². The molecule has 8 nitrogen and oxygen atoms in total. The minimum atomic E-state index is -1.28. The number of Topliss-reactive ketones (excluding diaryl/α,β-unsaturated/α-hetero) is 1. The van der Waals surface area contributed by atoms with E-state index in [9.17, 15) is 19.2 Å². The molecule has 2 N–H and O–H groups in total. The van der Waals surface area contributed by atoms with Crippen LogP contribution in [0.4, 0.5) is 4.79 Å². The molecule has 1 saturated heterocycles. The van der Waals surface area contributed by atoms with Crippen LogP contribution in [0.1, 0.15) is 18.9 Å². The van der Waals surface area contributed by atoms with Crippen molar-refractivity contribution in [3.8, 4) is 0 Å². The van der Waals surface area contributed by atoms with Gasteiger partial charge in [-0.2, -0.15) is 5.06 Å². The Morgan fingerprint density at radius 2 is 2.00 bits per heavy atom. The van der Waals surface area contributed by atoms with Crippen molar-refractivity contribution in [2.45, 2.75) is 26.0 Å². The first-order valence-corrected chi connectivity index (χ1v) is 6.96. The second-order valence-corrected chi connectivity index (χ2v) is 5.13. The molecule has 2 atom stereocenters. The monoisotopic (exact) mass is 320 g/mol. The standard InChI is InChI=1S/C15H16N2O6/c1-9(13(19)11-7-12(18)17(22)14(11)20)16-15(21)23-8-10-5-3-2-4-6-10/h2-6,9,11,22H,7-8H2,1H3,(H,16,21)/t9-,11?/m0/s1. The van der Waals surface area contributed by atoms with Gasteiger partial charge in [-0.05, 0) is 12.5 Å². The Bertz CT molecular complexity index is 630. The third kappa shape index (κ3) is 3.92. The number of hydroxylamine groups is 2. The highest BCUT2D eigenvalue weighted by molar-refractivity contribution is 6.14. The first-order valence-electron chi connectivity index (χ1n) is 6.96. The van der Waals surface area contributed by atoms with E-state index in [1.165, 1.54) is 6.92 Å². The summed E-state index contributed by atoms with van der Waals surface area (Å²) >= 11 is 0. The fraction of sp³-hybridized carbons (Fsp3) is 0.333. The zero-order chi connectivity index (χ0) is 17.0. The van der Waals surface area contributed by atoms with Gasteiger partial charge in [-0.15, -0.1) is 0 Å². The number of carbonyl (C=O) groups excluding carboxylic acids is 4. The summed E-state index contributed by atoms with van der Waals surface area (Å²) in [6.07, 6.45) is -1.22. The fourth-order valence-corrected chi connectivity index (χ4v) is 2.16. The van der Waals surface area contributed by atoms with Crippen LogP contribution < -0.4 is 5.32 Å². The van der Waals surface area contributed by atoms with Crippen molar-refractivity contribution in [1.82, 2.24) is 10.4 Å². The number of imide groups is 1. The molecule has 2 rings (SSSR count). The summed E-state index contributed by atoms with van der Waals surface area (Å²) in [6.45, 7) is 1.42. The van der Waals surface area contributed by atoms with E-state index >= 15 is 0 Å². The molecule has 1 aromatic carbocycles. The van der Waals surface area contributed by atoms with Gasteiger partial charge in [-0.25, -0.2) is 4.79 Å². The molecular formula is C15H16N2O6. The molecule has 23 heavy (non-hydrogen) atoms. The number of rotatable bonds is 5. The van der Waals surface area contributed by atoms with Crippen molar-refractivity contribution in [2.75, 3.05) is 0 Å². The van der Waals surface area contributed by atoms with Crippen molar-refractivity contribution in [3.05, 3.63) is 35.9 Å².